The second-order valence-corrected chi connectivity index (χ2v) is 6.98. The van der Waals surface area contributed by atoms with Crippen molar-refractivity contribution in [1.82, 2.24) is 14.5 Å². The number of nitrogens with zero attached hydrogens (tertiary/aromatic N) is 3. The zero-order valence-corrected chi connectivity index (χ0v) is 16.8. The van der Waals surface area contributed by atoms with E-state index in [4.69, 9.17) is 14.2 Å². The summed E-state index contributed by atoms with van der Waals surface area (Å²) in [5.74, 6) is 1.06. The number of para-hydroxylation sites is 1. The standard InChI is InChI=1S/C22H25N3O4/c1-3-28-22(26)19-13-16-5-4-6-20(21(16)24(19)2)29-18-7-8-23-17(14-18)15-25-9-11-27-12-10-25/h4-8,13-14H,3,9-12,15H2,1-2H3. The van der Waals surface area contributed by atoms with Gasteiger partial charge in [0.15, 0.2) is 5.75 Å². The van der Waals surface area contributed by atoms with Gasteiger partial charge in [-0.25, -0.2) is 4.79 Å². The lowest BCUT2D eigenvalue weighted by atomic mass is 10.2. The molecule has 1 aromatic carbocycles. The van der Waals surface area contributed by atoms with Gasteiger partial charge in [-0.2, -0.15) is 0 Å². The second kappa shape index (κ2) is 8.63. The van der Waals surface area contributed by atoms with Crippen LogP contribution in [0, 0.1) is 0 Å². The third-order valence-corrected chi connectivity index (χ3v) is 5.01. The zero-order chi connectivity index (χ0) is 20.2. The van der Waals surface area contributed by atoms with Crippen LogP contribution in [0.4, 0.5) is 0 Å². The van der Waals surface area contributed by atoms with Crippen LogP contribution in [-0.4, -0.2) is 53.3 Å². The Labute approximate surface area is 169 Å². The van der Waals surface area contributed by atoms with Crippen molar-refractivity contribution in [2.75, 3.05) is 32.9 Å². The zero-order valence-electron chi connectivity index (χ0n) is 16.8. The van der Waals surface area contributed by atoms with Crippen molar-refractivity contribution in [2.45, 2.75) is 13.5 Å². The minimum atomic E-state index is -0.339. The Morgan fingerprint density at radius 3 is 2.83 bits per heavy atom. The van der Waals surface area contributed by atoms with Gasteiger partial charge in [-0.1, -0.05) is 12.1 Å². The first kappa shape index (κ1) is 19.4. The molecule has 0 amide bonds. The normalized spacial score (nSPS) is 14.8. The van der Waals surface area contributed by atoms with Crippen LogP contribution in [0.15, 0.2) is 42.6 Å². The van der Waals surface area contributed by atoms with E-state index in [2.05, 4.69) is 9.88 Å². The van der Waals surface area contributed by atoms with Crippen LogP contribution in [0.2, 0.25) is 0 Å². The van der Waals surface area contributed by atoms with Gasteiger partial charge in [-0.05, 0) is 25.1 Å². The number of carbonyl (C=O) groups is 1. The fraction of sp³-hybridized carbons (Fsp3) is 0.364. The van der Waals surface area contributed by atoms with E-state index in [0.717, 1.165) is 55.2 Å². The SMILES string of the molecule is CCOC(=O)c1cc2cccc(Oc3ccnc(CN4CCOCC4)c3)c2n1C. The van der Waals surface area contributed by atoms with Crippen molar-refractivity contribution in [3.05, 3.63) is 54.0 Å². The maximum absolute atomic E-state index is 12.2. The number of esters is 1. The Hall–Kier alpha value is -2.90. The Morgan fingerprint density at radius 1 is 1.21 bits per heavy atom. The highest BCUT2D eigenvalue weighted by atomic mass is 16.5. The first-order valence-corrected chi connectivity index (χ1v) is 9.84. The summed E-state index contributed by atoms with van der Waals surface area (Å²) in [5.41, 5.74) is 2.30. The van der Waals surface area contributed by atoms with Gasteiger partial charge in [-0.15, -0.1) is 0 Å². The van der Waals surface area contributed by atoms with Crippen LogP contribution in [0.5, 0.6) is 11.5 Å². The van der Waals surface area contributed by atoms with Crippen LogP contribution >= 0.6 is 0 Å². The summed E-state index contributed by atoms with van der Waals surface area (Å²) in [4.78, 5) is 19.0. The van der Waals surface area contributed by atoms with Crippen molar-refractivity contribution >= 4 is 16.9 Å². The molecule has 0 aliphatic carbocycles. The number of rotatable bonds is 6. The Balaban J connectivity index is 1.59. The molecule has 0 bridgehead atoms. The third-order valence-electron chi connectivity index (χ3n) is 5.01. The molecule has 0 spiro atoms. The van der Waals surface area contributed by atoms with E-state index in [1.165, 1.54) is 0 Å². The first-order valence-electron chi connectivity index (χ1n) is 9.84. The van der Waals surface area contributed by atoms with Crippen molar-refractivity contribution in [2.24, 2.45) is 7.05 Å². The molecule has 152 valence electrons. The van der Waals surface area contributed by atoms with Gasteiger partial charge < -0.3 is 18.8 Å². The Morgan fingerprint density at radius 2 is 2.03 bits per heavy atom. The highest BCUT2D eigenvalue weighted by Crippen LogP contribution is 2.32. The molecule has 1 aliphatic rings. The predicted octanol–water partition coefficient (Wildman–Crippen LogP) is 3.37. The third kappa shape index (κ3) is 4.26. The van der Waals surface area contributed by atoms with E-state index in [-0.39, 0.29) is 5.97 Å². The number of aryl methyl sites for hydroxylation is 1. The highest BCUT2D eigenvalue weighted by Gasteiger charge is 2.18. The van der Waals surface area contributed by atoms with Gasteiger partial charge in [0.25, 0.3) is 0 Å². The quantitative estimate of drug-likeness (QED) is 0.596. The molecule has 1 fully saturated rings. The molecule has 29 heavy (non-hydrogen) atoms. The van der Waals surface area contributed by atoms with Crippen LogP contribution in [0.1, 0.15) is 23.1 Å². The summed E-state index contributed by atoms with van der Waals surface area (Å²) in [6.07, 6.45) is 1.76. The van der Waals surface area contributed by atoms with Gasteiger partial charge in [0.1, 0.15) is 11.4 Å². The highest BCUT2D eigenvalue weighted by molar-refractivity contribution is 5.97. The smallest absolute Gasteiger partial charge is 0.354 e. The van der Waals surface area contributed by atoms with Crippen molar-refractivity contribution in [3.63, 3.8) is 0 Å². The predicted molar refractivity (Wildman–Crippen MR) is 109 cm³/mol. The minimum Gasteiger partial charge on any atom is -0.461 e. The minimum absolute atomic E-state index is 0.339. The number of hydrogen-bond donors (Lipinski definition) is 0. The fourth-order valence-corrected chi connectivity index (χ4v) is 3.58. The molecule has 4 rings (SSSR count). The number of morpholine rings is 1. The van der Waals surface area contributed by atoms with Gasteiger partial charge in [0.2, 0.25) is 0 Å². The average Bonchev–Trinajstić information content (AvgIpc) is 3.07. The molecular formula is C22H25N3O4. The van der Waals surface area contributed by atoms with Crippen LogP contribution in [0.3, 0.4) is 0 Å². The maximum Gasteiger partial charge on any atom is 0.354 e. The second-order valence-electron chi connectivity index (χ2n) is 6.98. The molecule has 0 atom stereocenters. The molecule has 7 nitrogen and oxygen atoms in total. The summed E-state index contributed by atoms with van der Waals surface area (Å²) in [6.45, 7) is 6.24. The molecule has 1 saturated heterocycles. The van der Waals surface area contributed by atoms with Gasteiger partial charge in [0, 0.05) is 44.3 Å². The number of pyridine rings is 1. The first-order chi connectivity index (χ1) is 14.2. The van der Waals surface area contributed by atoms with E-state index in [1.807, 2.05) is 48.0 Å². The van der Waals surface area contributed by atoms with Crippen molar-refractivity contribution in [3.8, 4) is 11.5 Å². The van der Waals surface area contributed by atoms with Gasteiger partial charge >= 0.3 is 5.97 Å². The number of benzene rings is 1. The molecule has 3 aromatic rings. The monoisotopic (exact) mass is 395 g/mol. The van der Waals surface area contributed by atoms with Crippen molar-refractivity contribution < 1.29 is 19.0 Å². The lowest BCUT2D eigenvalue weighted by molar-refractivity contribution is 0.0336. The lowest BCUT2D eigenvalue weighted by Gasteiger charge is -2.26. The average molecular weight is 395 g/mol. The van der Waals surface area contributed by atoms with E-state index in [9.17, 15) is 4.79 Å². The summed E-state index contributed by atoms with van der Waals surface area (Å²) >= 11 is 0. The molecule has 0 N–H and O–H groups in total. The molecular weight excluding hydrogens is 370 g/mol. The number of ether oxygens (including phenoxy) is 3. The Bertz CT molecular complexity index is 1010. The molecule has 1 aliphatic heterocycles. The fourth-order valence-electron chi connectivity index (χ4n) is 3.58. The molecule has 7 heteroatoms. The van der Waals surface area contributed by atoms with E-state index in [0.29, 0.717) is 18.1 Å². The summed E-state index contributed by atoms with van der Waals surface area (Å²) in [6, 6.07) is 11.4. The largest absolute Gasteiger partial charge is 0.461 e. The molecule has 2 aromatic heterocycles. The maximum atomic E-state index is 12.2. The van der Waals surface area contributed by atoms with Gasteiger partial charge in [-0.3, -0.25) is 9.88 Å². The summed E-state index contributed by atoms with van der Waals surface area (Å²) in [7, 11) is 1.85. The van der Waals surface area contributed by atoms with E-state index < -0.39 is 0 Å². The number of hydrogen-bond acceptors (Lipinski definition) is 6. The molecule has 0 saturated carbocycles. The summed E-state index contributed by atoms with van der Waals surface area (Å²) in [5, 5.41) is 0.927. The molecule has 3 heterocycles. The number of carbonyl (C=O) groups excluding carboxylic acids is 1. The van der Waals surface area contributed by atoms with E-state index in [1.54, 1.807) is 13.1 Å². The lowest BCUT2D eigenvalue weighted by Crippen LogP contribution is -2.35. The summed E-state index contributed by atoms with van der Waals surface area (Å²) < 4.78 is 18.6. The molecule has 0 unspecified atom stereocenters. The van der Waals surface area contributed by atoms with Crippen LogP contribution < -0.4 is 4.74 Å². The Kier molecular flexibility index (Phi) is 5.78. The van der Waals surface area contributed by atoms with Gasteiger partial charge in [0.05, 0.1) is 31.0 Å². The topological polar surface area (TPSA) is 65.8 Å². The van der Waals surface area contributed by atoms with Crippen molar-refractivity contribution in [1.29, 1.82) is 0 Å². The molecule has 0 radical (unpaired) electrons. The van der Waals surface area contributed by atoms with E-state index >= 15 is 0 Å². The number of aromatic nitrogens is 2. The van der Waals surface area contributed by atoms with Crippen LogP contribution in [0.25, 0.3) is 10.9 Å². The van der Waals surface area contributed by atoms with Crippen LogP contribution in [-0.2, 0) is 23.1 Å². The number of fused-ring (bicyclic) bond motifs is 1.